The van der Waals surface area contributed by atoms with Crippen LogP contribution in [0.1, 0.15) is 30.9 Å². The SMILES string of the molecule is Cc1ccc(C(C)C)c(OCC(=O)OCC(=O)Nc2ccc3ccccc3c2)c1. The molecule has 3 aromatic carbocycles. The molecule has 0 aromatic heterocycles. The zero-order valence-electron chi connectivity index (χ0n) is 16.9. The summed E-state index contributed by atoms with van der Waals surface area (Å²) in [6.45, 7) is 5.48. The van der Waals surface area contributed by atoms with Gasteiger partial charge in [0.1, 0.15) is 5.75 Å². The first-order chi connectivity index (χ1) is 13.9. The Labute approximate surface area is 170 Å². The average molecular weight is 391 g/mol. The van der Waals surface area contributed by atoms with Crippen LogP contribution in [-0.2, 0) is 14.3 Å². The van der Waals surface area contributed by atoms with E-state index in [4.69, 9.17) is 9.47 Å². The number of amides is 1. The molecule has 0 heterocycles. The van der Waals surface area contributed by atoms with Crippen molar-refractivity contribution in [1.29, 1.82) is 0 Å². The fourth-order valence-electron chi connectivity index (χ4n) is 3.03. The topological polar surface area (TPSA) is 64.6 Å². The summed E-state index contributed by atoms with van der Waals surface area (Å²) in [7, 11) is 0. The molecule has 3 aromatic rings. The van der Waals surface area contributed by atoms with Crippen LogP contribution in [0.4, 0.5) is 5.69 Å². The summed E-state index contributed by atoms with van der Waals surface area (Å²) < 4.78 is 10.7. The zero-order valence-corrected chi connectivity index (χ0v) is 16.9. The van der Waals surface area contributed by atoms with E-state index in [0.717, 1.165) is 21.9 Å². The number of nitrogens with one attached hydrogen (secondary N) is 1. The Balaban J connectivity index is 1.50. The van der Waals surface area contributed by atoms with Gasteiger partial charge in [-0.25, -0.2) is 4.79 Å². The van der Waals surface area contributed by atoms with Crippen molar-refractivity contribution in [2.75, 3.05) is 18.5 Å². The molecule has 0 saturated heterocycles. The van der Waals surface area contributed by atoms with E-state index >= 15 is 0 Å². The number of aryl methyl sites for hydroxylation is 1. The van der Waals surface area contributed by atoms with Crippen molar-refractivity contribution in [1.82, 2.24) is 0 Å². The van der Waals surface area contributed by atoms with Crippen molar-refractivity contribution < 1.29 is 19.1 Å². The summed E-state index contributed by atoms with van der Waals surface area (Å²) in [5, 5.41) is 4.85. The molecule has 3 rings (SSSR count). The molecule has 1 amide bonds. The molecule has 150 valence electrons. The molecule has 0 aliphatic heterocycles. The third kappa shape index (κ3) is 5.57. The molecule has 5 nitrogen and oxygen atoms in total. The van der Waals surface area contributed by atoms with Crippen LogP contribution in [0.3, 0.4) is 0 Å². The normalized spacial score (nSPS) is 10.8. The second kappa shape index (κ2) is 9.24. The summed E-state index contributed by atoms with van der Waals surface area (Å²) in [6.07, 6.45) is 0. The van der Waals surface area contributed by atoms with Crippen molar-refractivity contribution in [2.24, 2.45) is 0 Å². The lowest BCUT2D eigenvalue weighted by atomic mass is 10.0. The standard InChI is InChI=1S/C24H25NO4/c1-16(2)21-11-8-17(3)12-22(21)28-15-24(27)29-14-23(26)25-20-10-9-18-6-4-5-7-19(18)13-20/h4-13,16H,14-15H2,1-3H3,(H,25,26). The van der Waals surface area contributed by atoms with Crippen molar-refractivity contribution >= 4 is 28.3 Å². The molecule has 5 heteroatoms. The van der Waals surface area contributed by atoms with E-state index < -0.39 is 11.9 Å². The van der Waals surface area contributed by atoms with Crippen LogP contribution >= 0.6 is 0 Å². The molecule has 0 aliphatic rings. The Morgan fingerprint density at radius 2 is 1.69 bits per heavy atom. The number of fused-ring (bicyclic) bond motifs is 1. The second-order valence-corrected chi connectivity index (χ2v) is 7.26. The van der Waals surface area contributed by atoms with E-state index in [1.54, 1.807) is 0 Å². The Morgan fingerprint density at radius 1 is 0.931 bits per heavy atom. The monoisotopic (exact) mass is 391 g/mol. The number of hydrogen-bond acceptors (Lipinski definition) is 4. The van der Waals surface area contributed by atoms with Gasteiger partial charge in [0.15, 0.2) is 13.2 Å². The van der Waals surface area contributed by atoms with Crippen LogP contribution < -0.4 is 10.1 Å². The van der Waals surface area contributed by atoms with E-state index in [9.17, 15) is 9.59 Å². The van der Waals surface area contributed by atoms with Crippen molar-refractivity contribution in [3.8, 4) is 5.75 Å². The smallest absolute Gasteiger partial charge is 0.344 e. The second-order valence-electron chi connectivity index (χ2n) is 7.26. The molecule has 0 unspecified atom stereocenters. The molecule has 0 radical (unpaired) electrons. The summed E-state index contributed by atoms with van der Waals surface area (Å²) in [4.78, 5) is 24.1. The highest BCUT2D eigenvalue weighted by atomic mass is 16.6. The van der Waals surface area contributed by atoms with E-state index in [2.05, 4.69) is 19.2 Å². The lowest BCUT2D eigenvalue weighted by molar-refractivity contribution is -0.149. The molecule has 1 N–H and O–H groups in total. The van der Waals surface area contributed by atoms with Gasteiger partial charge in [0, 0.05) is 5.69 Å². The quantitative estimate of drug-likeness (QED) is 0.586. The van der Waals surface area contributed by atoms with Gasteiger partial charge in [-0.1, -0.05) is 56.3 Å². The highest BCUT2D eigenvalue weighted by molar-refractivity contribution is 5.95. The van der Waals surface area contributed by atoms with E-state index in [0.29, 0.717) is 11.4 Å². The molecule has 0 atom stereocenters. The van der Waals surface area contributed by atoms with Gasteiger partial charge in [0.05, 0.1) is 0 Å². The van der Waals surface area contributed by atoms with Crippen LogP contribution in [0.25, 0.3) is 10.8 Å². The van der Waals surface area contributed by atoms with Crippen LogP contribution in [0.5, 0.6) is 5.75 Å². The zero-order chi connectivity index (χ0) is 20.8. The minimum absolute atomic E-state index is 0.244. The third-order valence-corrected chi connectivity index (χ3v) is 4.53. The van der Waals surface area contributed by atoms with Crippen LogP contribution in [-0.4, -0.2) is 25.1 Å². The van der Waals surface area contributed by atoms with Crippen molar-refractivity contribution in [3.05, 3.63) is 71.8 Å². The molecular weight excluding hydrogens is 366 g/mol. The lowest BCUT2D eigenvalue weighted by Crippen LogP contribution is -2.23. The van der Waals surface area contributed by atoms with Crippen LogP contribution in [0.2, 0.25) is 0 Å². The molecule has 0 saturated carbocycles. The summed E-state index contributed by atoms with van der Waals surface area (Å²) in [5.74, 6) is -0.0474. The minimum Gasteiger partial charge on any atom is -0.482 e. The van der Waals surface area contributed by atoms with E-state index in [1.165, 1.54) is 0 Å². The molecule has 0 aliphatic carbocycles. The first-order valence-corrected chi connectivity index (χ1v) is 9.60. The van der Waals surface area contributed by atoms with Gasteiger partial charge in [-0.05, 0) is 52.9 Å². The van der Waals surface area contributed by atoms with Crippen LogP contribution in [0, 0.1) is 6.92 Å². The molecule has 0 bridgehead atoms. The number of benzene rings is 3. The fourth-order valence-corrected chi connectivity index (χ4v) is 3.03. The van der Waals surface area contributed by atoms with Gasteiger partial charge in [-0.2, -0.15) is 0 Å². The van der Waals surface area contributed by atoms with Crippen molar-refractivity contribution in [3.63, 3.8) is 0 Å². The predicted molar refractivity (Wildman–Crippen MR) is 114 cm³/mol. The van der Waals surface area contributed by atoms with Gasteiger partial charge in [-0.15, -0.1) is 0 Å². The van der Waals surface area contributed by atoms with Gasteiger partial charge in [0.2, 0.25) is 0 Å². The number of rotatable bonds is 7. The molecule has 0 spiro atoms. The van der Waals surface area contributed by atoms with E-state index in [-0.39, 0.29) is 19.1 Å². The Kier molecular flexibility index (Phi) is 6.50. The first-order valence-electron chi connectivity index (χ1n) is 9.60. The highest BCUT2D eigenvalue weighted by Gasteiger charge is 2.12. The number of esters is 1. The maximum atomic E-state index is 12.1. The lowest BCUT2D eigenvalue weighted by Gasteiger charge is -2.14. The molecule has 0 fully saturated rings. The number of carbonyl (C=O) groups is 2. The largest absolute Gasteiger partial charge is 0.482 e. The summed E-state index contributed by atoms with van der Waals surface area (Å²) in [5.41, 5.74) is 2.73. The first kappa shape index (κ1) is 20.4. The average Bonchev–Trinajstić information content (AvgIpc) is 2.70. The Bertz CT molecular complexity index is 1030. The highest BCUT2D eigenvalue weighted by Crippen LogP contribution is 2.27. The number of anilines is 1. The van der Waals surface area contributed by atoms with Gasteiger partial charge >= 0.3 is 5.97 Å². The Morgan fingerprint density at radius 3 is 2.45 bits per heavy atom. The fraction of sp³-hybridized carbons (Fsp3) is 0.250. The van der Waals surface area contributed by atoms with E-state index in [1.807, 2.05) is 67.6 Å². The van der Waals surface area contributed by atoms with Gasteiger partial charge in [0.25, 0.3) is 5.91 Å². The molecular formula is C24H25NO4. The summed E-state index contributed by atoms with van der Waals surface area (Å²) >= 11 is 0. The van der Waals surface area contributed by atoms with Crippen molar-refractivity contribution in [2.45, 2.75) is 26.7 Å². The number of carbonyl (C=O) groups excluding carboxylic acids is 2. The van der Waals surface area contributed by atoms with Gasteiger partial charge in [-0.3, -0.25) is 4.79 Å². The van der Waals surface area contributed by atoms with Gasteiger partial charge < -0.3 is 14.8 Å². The minimum atomic E-state index is -0.588. The maximum Gasteiger partial charge on any atom is 0.344 e. The Hall–Kier alpha value is -3.34. The predicted octanol–water partition coefficient (Wildman–Crippen LogP) is 4.83. The maximum absolute atomic E-state index is 12.1. The molecule has 29 heavy (non-hydrogen) atoms. The van der Waals surface area contributed by atoms with Crippen LogP contribution in [0.15, 0.2) is 60.7 Å². The number of ether oxygens (including phenoxy) is 2. The third-order valence-electron chi connectivity index (χ3n) is 4.53. The number of hydrogen-bond donors (Lipinski definition) is 1. The summed E-state index contributed by atoms with van der Waals surface area (Å²) in [6, 6.07) is 19.4.